The molecule has 0 aliphatic carbocycles. The van der Waals surface area contributed by atoms with Gasteiger partial charge in [0, 0.05) is 23.1 Å². The number of hydrogen-bond acceptors (Lipinski definition) is 2. The molecule has 0 N–H and O–H groups in total. The Hall–Kier alpha value is -1.48. The molecule has 3 heteroatoms. The zero-order chi connectivity index (χ0) is 13.1. The Bertz CT molecular complexity index is 523. The average Bonchev–Trinajstić information content (AvgIpc) is 2.62. The molecule has 1 aliphatic heterocycles. The summed E-state index contributed by atoms with van der Waals surface area (Å²) in [5.74, 6) is 0.966. The highest BCUT2D eigenvalue weighted by Crippen LogP contribution is 2.39. The van der Waals surface area contributed by atoms with Gasteiger partial charge in [-0.25, -0.2) is 0 Å². The van der Waals surface area contributed by atoms with Crippen LogP contribution in [0.15, 0.2) is 48.5 Å². The molecule has 3 rings (SSSR count). The van der Waals surface area contributed by atoms with Crippen LogP contribution in [0.3, 0.4) is 0 Å². The van der Waals surface area contributed by atoms with E-state index in [0.717, 1.165) is 29.7 Å². The Morgan fingerprint density at radius 3 is 2.58 bits per heavy atom. The van der Waals surface area contributed by atoms with Crippen molar-refractivity contribution in [1.82, 2.24) is 0 Å². The molecule has 0 unspecified atom stereocenters. The first-order valence-electron chi connectivity index (χ1n) is 6.53. The monoisotopic (exact) mass is 317 g/mol. The number of alkyl halides is 1. The summed E-state index contributed by atoms with van der Waals surface area (Å²) in [7, 11) is 0. The van der Waals surface area contributed by atoms with Crippen molar-refractivity contribution in [2.45, 2.75) is 13.0 Å². The van der Waals surface area contributed by atoms with Gasteiger partial charge in [0.2, 0.25) is 0 Å². The number of anilines is 2. The van der Waals surface area contributed by atoms with Gasteiger partial charge in [0.05, 0.1) is 5.69 Å². The van der Waals surface area contributed by atoms with Gasteiger partial charge < -0.3 is 9.64 Å². The smallest absolute Gasteiger partial charge is 0.143 e. The van der Waals surface area contributed by atoms with E-state index in [9.17, 15) is 0 Å². The van der Waals surface area contributed by atoms with Crippen LogP contribution in [-0.4, -0.2) is 11.9 Å². The van der Waals surface area contributed by atoms with Crippen molar-refractivity contribution in [1.29, 1.82) is 0 Å². The molecule has 0 spiro atoms. The predicted octanol–water partition coefficient (Wildman–Crippen LogP) is 4.50. The minimum Gasteiger partial charge on any atom is -0.487 e. The second-order valence-electron chi connectivity index (χ2n) is 4.58. The van der Waals surface area contributed by atoms with Crippen molar-refractivity contribution in [2.24, 2.45) is 0 Å². The number of rotatable bonds is 3. The molecule has 0 fully saturated rings. The molecule has 0 saturated heterocycles. The maximum atomic E-state index is 5.93. The van der Waals surface area contributed by atoms with E-state index < -0.39 is 0 Å². The van der Waals surface area contributed by atoms with Crippen LogP contribution in [0.2, 0.25) is 0 Å². The maximum Gasteiger partial charge on any atom is 0.143 e. The number of para-hydroxylation sites is 3. The van der Waals surface area contributed by atoms with Gasteiger partial charge in [0.15, 0.2) is 0 Å². The van der Waals surface area contributed by atoms with E-state index in [1.54, 1.807) is 0 Å². The lowest BCUT2D eigenvalue weighted by atomic mass is 10.1. The van der Waals surface area contributed by atoms with Crippen LogP contribution < -0.4 is 9.64 Å². The van der Waals surface area contributed by atoms with Crippen molar-refractivity contribution in [3.63, 3.8) is 0 Å². The molecule has 19 heavy (non-hydrogen) atoms. The van der Waals surface area contributed by atoms with E-state index in [-0.39, 0.29) is 0 Å². The zero-order valence-electron chi connectivity index (χ0n) is 10.7. The second-order valence-corrected chi connectivity index (χ2v) is 5.37. The fourth-order valence-electron chi connectivity index (χ4n) is 2.44. The number of benzene rings is 2. The molecule has 0 atom stereocenters. The molecule has 0 bridgehead atoms. The molecule has 98 valence electrons. The van der Waals surface area contributed by atoms with E-state index >= 15 is 0 Å². The third kappa shape index (κ3) is 2.47. The second kappa shape index (κ2) is 5.66. The minimum absolute atomic E-state index is 0.637. The molecule has 2 aromatic carbocycles. The largest absolute Gasteiger partial charge is 0.487 e. The van der Waals surface area contributed by atoms with Gasteiger partial charge in [-0.1, -0.05) is 46.3 Å². The van der Waals surface area contributed by atoms with E-state index in [1.807, 2.05) is 12.1 Å². The molecular formula is C16H16BrNO. The summed E-state index contributed by atoms with van der Waals surface area (Å²) in [6.07, 6.45) is 1.10. The normalized spacial score (nSPS) is 13.2. The molecule has 1 aliphatic rings. The zero-order valence-corrected chi connectivity index (χ0v) is 12.3. The minimum atomic E-state index is 0.637. The molecule has 0 saturated carbocycles. The van der Waals surface area contributed by atoms with Crippen LogP contribution >= 0.6 is 15.9 Å². The summed E-state index contributed by atoms with van der Waals surface area (Å²) >= 11 is 3.52. The Morgan fingerprint density at radius 2 is 1.74 bits per heavy atom. The van der Waals surface area contributed by atoms with E-state index in [2.05, 4.69) is 57.2 Å². The van der Waals surface area contributed by atoms with E-state index in [1.165, 1.54) is 11.3 Å². The van der Waals surface area contributed by atoms with Gasteiger partial charge in [0.25, 0.3) is 0 Å². The van der Waals surface area contributed by atoms with Crippen LogP contribution in [0.25, 0.3) is 0 Å². The quantitative estimate of drug-likeness (QED) is 0.773. The van der Waals surface area contributed by atoms with Crippen LogP contribution in [0, 0.1) is 0 Å². The predicted molar refractivity (Wildman–Crippen MR) is 82.6 cm³/mol. The first-order chi connectivity index (χ1) is 9.40. The van der Waals surface area contributed by atoms with Crippen molar-refractivity contribution in [3.8, 4) is 5.75 Å². The lowest BCUT2D eigenvalue weighted by Crippen LogP contribution is -2.19. The van der Waals surface area contributed by atoms with Gasteiger partial charge in [-0.15, -0.1) is 0 Å². The number of halogens is 1. The standard InChI is InChI=1S/C16H16BrNO/c17-10-5-11-18-14-7-2-1-6-13(14)12-19-16-9-4-3-8-15(16)18/h1-4,6-9H,5,10-12H2. The van der Waals surface area contributed by atoms with Gasteiger partial charge in [-0.05, 0) is 24.6 Å². The SMILES string of the molecule is BrCCCN1c2ccccc2COc2ccccc21. The lowest BCUT2D eigenvalue weighted by molar-refractivity contribution is 0.310. The molecule has 0 aromatic heterocycles. The highest BCUT2D eigenvalue weighted by atomic mass is 79.9. The summed E-state index contributed by atoms with van der Waals surface area (Å²) in [4.78, 5) is 2.36. The molecule has 0 radical (unpaired) electrons. The molecule has 2 aromatic rings. The molecular weight excluding hydrogens is 302 g/mol. The Balaban J connectivity index is 2.08. The fraction of sp³-hybridized carbons (Fsp3) is 0.250. The fourth-order valence-corrected chi connectivity index (χ4v) is 2.69. The highest BCUT2D eigenvalue weighted by Gasteiger charge is 2.20. The summed E-state index contributed by atoms with van der Waals surface area (Å²) < 4.78 is 5.93. The van der Waals surface area contributed by atoms with Gasteiger partial charge >= 0.3 is 0 Å². The summed E-state index contributed by atoms with van der Waals surface area (Å²) in [6, 6.07) is 16.7. The average molecular weight is 318 g/mol. The Morgan fingerprint density at radius 1 is 1.00 bits per heavy atom. The van der Waals surface area contributed by atoms with E-state index in [0.29, 0.717) is 6.61 Å². The van der Waals surface area contributed by atoms with Crippen LogP contribution in [0.4, 0.5) is 11.4 Å². The highest BCUT2D eigenvalue weighted by molar-refractivity contribution is 9.09. The van der Waals surface area contributed by atoms with Crippen molar-refractivity contribution in [2.75, 3.05) is 16.8 Å². The number of hydrogen-bond donors (Lipinski definition) is 0. The Labute approximate surface area is 122 Å². The van der Waals surface area contributed by atoms with Crippen LogP contribution in [0.1, 0.15) is 12.0 Å². The maximum absolute atomic E-state index is 5.93. The van der Waals surface area contributed by atoms with Crippen LogP contribution in [0.5, 0.6) is 5.75 Å². The molecule has 0 amide bonds. The molecule has 2 nitrogen and oxygen atoms in total. The third-order valence-corrected chi connectivity index (χ3v) is 3.90. The summed E-state index contributed by atoms with van der Waals surface area (Å²) in [5, 5.41) is 1.01. The lowest BCUT2D eigenvalue weighted by Gasteiger charge is -2.25. The van der Waals surface area contributed by atoms with Gasteiger partial charge in [-0.3, -0.25) is 0 Å². The Kier molecular flexibility index (Phi) is 3.74. The molecule has 1 heterocycles. The summed E-state index contributed by atoms with van der Waals surface area (Å²) in [6.45, 7) is 1.63. The topological polar surface area (TPSA) is 12.5 Å². The number of ether oxygens (including phenoxy) is 1. The van der Waals surface area contributed by atoms with Crippen molar-refractivity contribution >= 4 is 27.3 Å². The van der Waals surface area contributed by atoms with Crippen molar-refractivity contribution < 1.29 is 4.74 Å². The third-order valence-electron chi connectivity index (χ3n) is 3.34. The summed E-state index contributed by atoms with van der Waals surface area (Å²) in [5.41, 5.74) is 3.66. The number of nitrogens with zero attached hydrogens (tertiary/aromatic N) is 1. The van der Waals surface area contributed by atoms with E-state index in [4.69, 9.17) is 4.74 Å². The van der Waals surface area contributed by atoms with Gasteiger partial charge in [-0.2, -0.15) is 0 Å². The number of fused-ring (bicyclic) bond motifs is 2. The first kappa shape index (κ1) is 12.5. The van der Waals surface area contributed by atoms with Gasteiger partial charge in [0.1, 0.15) is 12.4 Å². The van der Waals surface area contributed by atoms with Crippen molar-refractivity contribution in [3.05, 3.63) is 54.1 Å². The first-order valence-corrected chi connectivity index (χ1v) is 7.65. The van der Waals surface area contributed by atoms with Crippen LogP contribution in [-0.2, 0) is 6.61 Å².